The van der Waals surface area contributed by atoms with E-state index in [1.807, 2.05) is 12.4 Å². The fourth-order valence-electron chi connectivity index (χ4n) is 3.94. The second kappa shape index (κ2) is 7.21. The van der Waals surface area contributed by atoms with Crippen molar-refractivity contribution in [1.29, 1.82) is 0 Å². The topological polar surface area (TPSA) is 24.9 Å². The number of hydrogen-bond acceptors (Lipinski definition) is 2. The van der Waals surface area contributed by atoms with Crippen LogP contribution < -0.4 is 5.32 Å². The Balaban J connectivity index is 2.20. The molecule has 1 aromatic heterocycles. The van der Waals surface area contributed by atoms with Gasteiger partial charge in [-0.15, -0.1) is 0 Å². The Morgan fingerprint density at radius 1 is 1.25 bits per heavy atom. The predicted molar refractivity (Wildman–Crippen MR) is 85.7 cm³/mol. The molecule has 2 heteroatoms. The van der Waals surface area contributed by atoms with Crippen LogP contribution in [0.5, 0.6) is 0 Å². The van der Waals surface area contributed by atoms with Crippen molar-refractivity contribution in [1.82, 2.24) is 10.3 Å². The average Bonchev–Trinajstić information content (AvgIpc) is 2.40. The minimum Gasteiger partial charge on any atom is -0.310 e. The van der Waals surface area contributed by atoms with Crippen LogP contribution in [0.1, 0.15) is 63.6 Å². The largest absolute Gasteiger partial charge is 0.310 e. The molecular weight excluding hydrogens is 244 g/mol. The van der Waals surface area contributed by atoms with Crippen molar-refractivity contribution < 1.29 is 0 Å². The minimum absolute atomic E-state index is 0.503. The molecule has 0 saturated heterocycles. The van der Waals surface area contributed by atoms with Crippen LogP contribution in [0.2, 0.25) is 0 Å². The first-order valence-electron chi connectivity index (χ1n) is 8.25. The third-order valence-electron chi connectivity index (χ3n) is 4.70. The van der Waals surface area contributed by atoms with Crippen LogP contribution in [0, 0.1) is 24.7 Å². The molecule has 1 aliphatic carbocycles. The zero-order valence-electron chi connectivity index (χ0n) is 13.5. The summed E-state index contributed by atoms with van der Waals surface area (Å²) in [5, 5.41) is 3.81. The lowest BCUT2D eigenvalue weighted by Gasteiger charge is -2.37. The number of nitrogens with zero attached hydrogens (tertiary/aromatic N) is 1. The number of pyridine rings is 1. The Kier molecular flexibility index (Phi) is 5.59. The van der Waals surface area contributed by atoms with Gasteiger partial charge in [-0.1, -0.05) is 20.8 Å². The lowest BCUT2D eigenvalue weighted by Crippen LogP contribution is -2.34. The Labute approximate surface area is 124 Å². The SMILES string of the molecule is CCCNC(c1ccncc1C)C1CC(C)CC(C)C1. The monoisotopic (exact) mass is 274 g/mol. The summed E-state index contributed by atoms with van der Waals surface area (Å²) in [4.78, 5) is 4.25. The zero-order valence-corrected chi connectivity index (χ0v) is 13.5. The van der Waals surface area contributed by atoms with Crippen LogP contribution in [-0.4, -0.2) is 11.5 Å². The first-order chi connectivity index (χ1) is 9.61. The Morgan fingerprint density at radius 3 is 2.55 bits per heavy atom. The van der Waals surface area contributed by atoms with E-state index in [1.54, 1.807) is 0 Å². The van der Waals surface area contributed by atoms with Crippen molar-refractivity contribution in [3.8, 4) is 0 Å². The van der Waals surface area contributed by atoms with Crippen molar-refractivity contribution >= 4 is 0 Å². The van der Waals surface area contributed by atoms with Gasteiger partial charge in [-0.3, -0.25) is 4.98 Å². The van der Waals surface area contributed by atoms with Gasteiger partial charge in [0, 0.05) is 18.4 Å². The molecule has 0 spiro atoms. The lowest BCUT2D eigenvalue weighted by atomic mass is 9.72. The molecule has 1 heterocycles. The van der Waals surface area contributed by atoms with E-state index in [1.165, 1.54) is 36.8 Å². The molecule has 0 aliphatic heterocycles. The lowest BCUT2D eigenvalue weighted by molar-refractivity contribution is 0.176. The molecule has 1 saturated carbocycles. The van der Waals surface area contributed by atoms with Crippen LogP contribution >= 0.6 is 0 Å². The highest BCUT2D eigenvalue weighted by atomic mass is 14.9. The number of rotatable bonds is 5. The number of hydrogen-bond donors (Lipinski definition) is 1. The summed E-state index contributed by atoms with van der Waals surface area (Å²) in [6.07, 6.45) is 9.25. The summed E-state index contributed by atoms with van der Waals surface area (Å²) in [6.45, 7) is 10.4. The average molecular weight is 274 g/mol. The summed E-state index contributed by atoms with van der Waals surface area (Å²) in [7, 11) is 0. The fourth-order valence-corrected chi connectivity index (χ4v) is 3.94. The van der Waals surface area contributed by atoms with Gasteiger partial charge in [0.15, 0.2) is 0 Å². The van der Waals surface area contributed by atoms with E-state index in [0.29, 0.717) is 6.04 Å². The number of aryl methyl sites for hydroxylation is 1. The van der Waals surface area contributed by atoms with Crippen LogP contribution in [0.15, 0.2) is 18.5 Å². The van der Waals surface area contributed by atoms with E-state index in [4.69, 9.17) is 0 Å². The minimum atomic E-state index is 0.503. The zero-order chi connectivity index (χ0) is 14.5. The predicted octanol–water partition coefficient (Wildman–Crippen LogP) is 4.50. The normalized spacial score (nSPS) is 28.3. The van der Waals surface area contributed by atoms with E-state index < -0.39 is 0 Å². The van der Waals surface area contributed by atoms with E-state index in [2.05, 4.69) is 44.1 Å². The van der Waals surface area contributed by atoms with Crippen molar-refractivity contribution in [3.63, 3.8) is 0 Å². The van der Waals surface area contributed by atoms with Gasteiger partial charge < -0.3 is 5.32 Å². The van der Waals surface area contributed by atoms with Gasteiger partial charge in [-0.25, -0.2) is 0 Å². The molecule has 1 aromatic rings. The first-order valence-corrected chi connectivity index (χ1v) is 8.25. The Hall–Kier alpha value is -0.890. The highest BCUT2D eigenvalue weighted by Crippen LogP contribution is 2.40. The van der Waals surface area contributed by atoms with Gasteiger partial charge in [0.25, 0.3) is 0 Å². The third-order valence-corrected chi connectivity index (χ3v) is 4.70. The molecule has 0 aromatic carbocycles. The summed E-state index contributed by atoms with van der Waals surface area (Å²) in [6, 6.07) is 2.72. The van der Waals surface area contributed by atoms with Crippen LogP contribution in [0.3, 0.4) is 0 Å². The van der Waals surface area contributed by atoms with E-state index in [-0.39, 0.29) is 0 Å². The maximum Gasteiger partial charge on any atom is 0.0352 e. The molecule has 20 heavy (non-hydrogen) atoms. The molecule has 1 N–H and O–H groups in total. The van der Waals surface area contributed by atoms with Gasteiger partial charge in [0.2, 0.25) is 0 Å². The second-order valence-electron chi connectivity index (χ2n) is 6.84. The van der Waals surface area contributed by atoms with Crippen molar-refractivity contribution in [2.45, 2.75) is 59.4 Å². The summed E-state index contributed by atoms with van der Waals surface area (Å²) < 4.78 is 0. The summed E-state index contributed by atoms with van der Waals surface area (Å²) >= 11 is 0. The molecule has 0 amide bonds. The standard InChI is InChI=1S/C18H30N2/c1-5-7-20-18(17-6-8-19-12-15(17)4)16-10-13(2)9-14(3)11-16/h6,8,12-14,16,18,20H,5,7,9-11H2,1-4H3. The first kappa shape index (κ1) is 15.5. The van der Waals surface area contributed by atoms with Crippen molar-refractivity contribution in [2.75, 3.05) is 6.54 Å². The van der Waals surface area contributed by atoms with Crippen LogP contribution in [0.25, 0.3) is 0 Å². The second-order valence-corrected chi connectivity index (χ2v) is 6.84. The van der Waals surface area contributed by atoms with Gasteiger partial charge in [-0.05, 0) is 74.1 Å². The Bertz CT molecular complexity index is 406. The number of nitrogens with one attached hydrogen (secondary N) is 1. The molecule has 0 bridgehead atoms. The van der Waals surface area contributed by atoms with E-state index in [0.717, 1.165) is 24.3 Å². The molecule has 2 nitrogen and oxygen atoms in total. The summed E-state index contributed by atoms with van der Waals surface area (Å²) in [5.41, 5.74) is 2.78. The van der Waals surface area contributed by atoms with Crippen LogP contribution in [0.4, 0.5) is 0 Å². The third kappa shape index (κ3) is 3.82. The van der Waals surface area contributed by atoms with Gasteiger partial charge in [-0.2, -0.15) is 0 Å². The quantitative estimate of drug-likeness (QED) is 0.855. The number of aromatic nitrogens is 1. The highest BCUT2D eigenvalue weighted by Gasteiger charge is 2.31. The fraction of sp³-hybridized carbons (Fsp3) is 0.722. The summed E-state index contributed by atoms with van der Waals surface area (Å²) in [5.74, 6) is 2.48. The highest BCUT2D eigenvalue weighted by molar-refractivity contribution is 5.26. The maximum atomic E-state index is 4.25. The molecule has 3 unspecified atom stereocenters. The molecule has 0 radical (unpaired) electrons. The van der Waals surface area contributed by atoms with Gasteiger partial charge >= 0.3 is 0 Å². The molecule has 3 atom stereocenters. The Morgan fingerprint density at radius 2 is 1.95 bits per heavy atom. The molecule has 1 fully saturated rings. The van der Waals surface area contributed by atoms with Crippen LogP contribution in [-0.2, 0) is 0 Å². The van der Waals surface area contributed by atoms with Crippen molar-refractivity contribution in [2.24, 2.45) is 17.8 Å². The molecule has 112 valence electrons. The molecule has 2 rings (SSSR count). The van der Waals surface area contributed by atoms with E-state index in [9.17, 15) is 0 Å². The van der Waals surface area contributed by atoms with Gasteiger partial charge in [0.1, 0.15) is 0 Å². The van der Waals surface area contributed by atoms with E-state index >= 15 is 0 Å². The smallest absolute Gasteiger partial charge is 0.0352 e. The van der Waals surface area contributed by atoms with Crippen molar-refractivity contribution in [3.05, 3.63) is 29.6 Å². The maximum absolute atomic E-state index is 4.25. The molecular formula is C18H30N2. The molecule has 1 aliphatic rings. The van der Waals surface area contributed by atoms with Gasteiger partial charge in [0.05, 0.1) is 0 Å².